The molecule has 0 atom stereocenters. The monoisotopic (exact) mass is 573 g/mol. The molecule has 216 valence electrons. The molecule has 1 saturated heterocycles. The molecule has 4 rings (SSSR count). The molecule has 14 heteroatoms. The Morgan fingerprint density at radius 1 is 1.25 bits per heavy atom. The molecule has 0 amide bonds. The summed E-state index contributed by atoms with van der Waals surface area (Å²) < 4.78 is 9.89. The predicted molar refractivity (Wildman–Crippen MR) is 153 cm³/mol. The van der Waals surface area contributed by atoms with Crippen LogP contribution in [0.15, 0.2) is 33.0 Å². The fourth-order valence-corrected chi connectivity index (χ4v) is 5.71. The number of rotatable bonds is 13. The van der Waals surface area contributed by atoms with Crippen molar-refractivity contribution in [1.29, 1.82) is 0 Å². The van der Waals surface area contributed by atoms with Crippen molar-refractivity contribution < 1.29 is 19.5 Å². The van der Waals surface area contributed by atoms with Crippen LogP contribution < -0.4 is 10.3 Å². The average molecular weight is 574 g/mol. The van der Waals surface area contributed by atoms with Crippen LogP contribution in [0.5, 0.6) is 5.75 Å². The SMILES string of the molecule is CCCc1c(/C=N/OC)c(C)c2c(=O)[nH]c(-c3cc(SN4CCN(CCO[N+](=O)[O-])CC4)ccc3OCC)nn12. The standard InChI is InChI=1S/C26H35N7O6S/c1-5-7-22-21(17-27-37-4)18(3)24-26(34)28-25(29-32(22)24)20-16-19(8-9-23(20)38-6-2)40-31-12-10-30(11-13-31)14-15-39-33(35)36/h8-9,16-17H,5-7,10-15H2,1-4H3,(H,28,29,34)/b27-17+. The predicted octanol–water partition coefficient (Wildman–Crippen LogP) is 3.16. The summed E-state index contributed by atoms with van der Waals surface area (Å²) in [6, 6.07) is 5.88. The van der Waals surface area contributed by atoms with E-state index < -0.39 is 5.09 Å². The molecule has 3 heterocycles. The van der Waals surface area contributed by atoms with Crippen LogP contribution in [0.25, 0.3) is 16.9 Å². The maximum absolute atomic E-state index is 13.4. The lowest BCUT2D eigenvalue weighted by Gasteiger charge is -2.33. The molecule has 1 fully saturated rings. The lowest BCUT2D eigenvalue weighted by Crippen LogP contribution is -2.44. The fraction of sp³-hybridized carbons (Fsp3) is 0.500. The maximum atomic E-state index is 13.4. The minimum Gasteiger partial charge on any atom is -0.493 e. The number of nitrogens with one attached hydrogen (secondary N) is 1. The Bertz CT molecular complexity index is 1410. The summed E-state index contributed by atoms with van der Waals surface area (Å²) in [5.74, 6) is 1.05. The van der Waals surface area contributed by atoms with E-state index in [0.717, 1.165) is 54.3 Å². The van der Waals surface area contributed by atoms with E-state index in [1.807, 2.05) is 32.0 Å². The first-order chi connectivity index (χ1) is 19.4. The number of hydrogen-bond donors (Lipinski definition) is 1. The van der Waals surface area contributed by atoms with Gasteiger partial charge in [-0.2, -0.15) is 0 Å². The topological polar surface area (TPSA) is 140 Å². The van der Waals surface area contributed by atoms with E-state index in [0.29, 0.717) is 42.2 Å². The van der Waals surface area contributed by atoms with E-state index >= 15 is 0 Å². The number of aromatic amines is 1. The highest BCUT2D eigenvalue weighted by Gasteiger charge is 2.22. The molecule has 1 N–H and O–H groups in total. The zero-order valence-corrected chi connectivity index (χ0v) is 24.0. The first kappa shape index (κ1) is 29.4. The molecule has 3 aromatic rings. The first-order valence-corrected chi connectivity index (χ1v) is 14.0. The average Bonchev–Trinajstić information content (AvgIpc) is 3.20. The number of oxime groups is 1. The van der Waals surface area contributed by atoms with Crippen LogP contribution in [0.1, 0.15) is 37.1 Å². The van der Waals surface area contributed by atoms with E-state index in [4.69, 9.17) is 14.7 Å². The summed E-state index contributed by atoms with van der Waals surface area (Å²) in [6.45, 7) is 10.1. The Labute approximate surface area is 236 Å². The second-order valence-electron chi connectivity index (χ2n) is 9.23. The molecule has 2 aromatic heterocycles. The minimum absolute atomic E-state index is 0.0690. The molecule has 13 nitrogen and oxygen atoms in total. The molecular formula is C26H35N7O6S. The maximum Gasteiger partial charge on any atom is 0.294 e. The van der Waals surface area contributed by atoms with Crippen molar-refractivity contribution in [3.05, 3.63) is 55.5 Å². The molecule has 0 spiro atoms. The van der Waals surface area contributed by atoms with Crippen LogP contribution in [-0.4, -0.2) is 88.2 Å². The first-order valence-electron chi connectivity index (χ1n) is 13.3. The molecule has 1 aromatic carbocycles. The molecular weight excluding hydrogens is 538 g/mol. The van der Waals surface area contributed by atoms with Gasteiger partial charge in [-0.1, -0.05) is 18.5 Å². The van der Waals surface area contributed by atoms with Gasteiger partial charge in [-0.25, -0.2) is 8.82 Å². The van der Waals surface area contributed by atoms with E-state index in [9.17, 15) is 14.9 Å². The fourth-order valence-electron chi connectivity index (χ4n) is 4.77. The minimum atomic E-state index is -0.758. The van der Waals surface area contributed by atoms with Gasteiger partial charge in [-0.3, -0.25) is 9.69 Å². The molecule has 0 radical (unpaired) electrons. The van der Waals surface area contributed by atoms with Crippen molar-refractivity contribution in [3.63, 3.8) is 0 Å². The van der Waals surface area contributed by atoms with E-state index in [2.05, 4.69) is 31.1 Å². The van der Waals surface area contributed by atoms with Gasteiger partial charge >= 0.3 is 0 Å². The number of fused-ring (bicyclic) bond motifs is 1. The van der Waals surface area contributed by atoms with Crippen molar-refractivity contribution in [2.24, 2.45) is 5.16 Å². The number of benzene rings is 1. The Kier molecular flexibility index (Phi) is 10.0. The van der Waals surface area contributed by atoms with Gasteiger partial charge in [0.2, 0.25) is 0 Å². The van der Waals surface area contributed by atoms with Crippen LogP contribution in [0.3, 0.4) is 0 Å². The van der Waals surface area contributed by atoms with Crippen LogP contribution in [0, 0.1) is 17.0 Å². The second-order valence-corrected chi connectivity index (χ2v) is 10.4. The summed E-state index contributed by atoms with van der Waals surface area (Å²) in [5.41, 5.74) is 3.46. The number of hydrogen-bond acceptors (Lipinski definition) is 11. The van der Waals surface area contributed by atoms with Crippen molar-refractivity contribution in [2.45, 2.75) is 38.5 Å². The second kappa shape index (κ2) is 13.6. The third-order valence-corrected chi connectivity index (χ3v) is 7.72. The Balaban J connectivity index is 1.63. The summed E-state index contributed by atoms with van der Waals surface area (Å²) in [7, 11) is 1.49. The number of ether oxygens (including phenoxy) is 1. The van der Waals surface area contributed by atoms with E-state index in [1.165, 1.54) is 7.11 Å². The number of piperazine rings is 1. The smallest absolute Gasteiger partial charge is 0.294 e. The number of aryl methyl sites for hydroxylation is 2. The highest BCUT2D eigenvalue weighted by atomic mass is 32.2. The lowest BCUT2D eigenvalue weighted by atomic mass is 10.1. The lowest BCUT2D eigenvalue weighted by molar-refractivity contribution is -0.757. The molecule has 0 bridgehead atoms. The van der Waals surface area contributed by atoms with E-state index in [-0.39, 0.29) is 12.2 Å². The van der Waals surface area contributed by atoms with Gasteiger partial charge in [0.25, 0.3) is 10.6 Å². The summed E-state index contributed by atoms with van der Waals surface area (Å²) in [6.07, 6.45) is 3.22. The van der Waals surface area contributed by atoms with Gasteiger partial charge in [-0.05, 0) is 56.0 Å². The molecule has 0 saturated carbocycles. The van der Waals surface area contributed by atoms with Gasteiger partial charge in [0.15, 0.2) is 5.82 Å². The van der Waals surface area contributed by atoms with Gasteiger partial charge in [0.1, 0.15) is 25.0 Å². The quantitative estimate of drug-likeness (QED) is 0.140. The van der Waals surface area contributed by atoms with Crippen molar-refractivity contribution in [1.82, 2.24) is 23.8 Å². The Morgan fingerprint density at radius 2 is 2.02 bits per heavy atom. The Morgan fingerprint density at radius 3 is 2.70 bits per heavy atom. The summed E-state index contributed by atoms with van der Waals surface area (Å²) in [5, 5.41) is 18.5. The number of nitrogens with zero attached hydrogens (tertiary/aromatic N) is 6. The Hall–Kier alpha value is -3.62. The largest absolute Gasteiger partial charge is 0.493 e. The third-order valence-electron chi connectivity index (χ3n) is 6.63. The normalized spacial score (nSPS) is 14.7. The molecule has 0 aliphatic carbocycles. The molecule has 40 heavy (non-hydrogen) atoms. The zero-order valence-electron chi connectivity index (χ0n) is 23.2. The highest BCUT2D eigenvalue weighted by molar-refractivity contribution is 7.97. The van der Waals surface area contributed by atoms with Crippen molar-refractivity contribution in [3.8, 4) is 17.1 Å². The number of H-pyrrole nitrogens is 1. The number of aromatic nitrogens is 3. The van der Waals surface area contributed by atoms with Crippen molar-refractivity contribution >= 4 is 23.7 Å². The molecule has 0 unspecified atom stereocenters. The third kappa shape index (κ3) is 6.74. The van der Waals surface area contributed by atoms with E-state index in [1.54, 1.807) is 22.7 Å². The molecule has 1 aliphatic rings. The van der Waals surface area contributed by atoms with Crippen LogP contribution in [-0.2, 0) is 16.1 Å². The van der Waals surface area contributed by atoms with Gasteiger partial charge in [-0.15, -0.1) is 15.2 Å². The van der Waals surface area contributed by atoms with Gasteiger partial charge in [0, 0.05) is 43.2 Å². The summed E-state index contributed by atoms with van der Waals surface area (Å²) in [4.78, 5) is 39.2. The van der Waals surface area contributed by atoms with Gasteiger partial charge in [0.05, 0.1) is 24.1 Å². The summed E-state index contributed by atoms with van der Waals surface area (Å²) >= 11 is 1.62. The zero-order chi connectivity index (χ0) is 28.6. The van der Waals surface area contributed by atoms with Crippen LogP contribution in [0.4, 0.5) is 0 Å². The molecule has 1 aliphatic heterocycles. The van der Waals surface area contributed by atoms with Crippen molar-refractivity contribution in [2.75, 3.05) is 53.0 Å². The highest BCUT2D eigenvalue weighted by Crippen LogP contribution is 2.34. The van der Waals surface area contributed by atoms with Crippen LogP contribution in [0.2, 0.25) is 0 Å². The van der Waals surface area contributed by atoms with Crippen LogP contribution >= 0.6 is 11.9 Å². The van der Waals surface area contributed by atoms with Gasteiger partial charge < -0.3 is 19.4 Å².